The number of amides is 1. The van der Waals surface area contributed by atoms with Crippen molar-refractivity contribution < 1.29 is 4.79 Å². The quantitative estimate of drug-likeness (QED) is 0.898. The Balaban J connectivity index is 0.00000162. The maximum absolute atomic E-state index is 11.4. The minimum atomic E-state index is -0.0331. The van der Waals surface area contributed by atoms with Crippen molar-refractivity contribution in [2.75, 3.05) is 11.9 Å². The van der Waals surface area contributed by atoms with Gasteiger partial charge in [0.05, 0.1) is 5.69 Å². The van der Waals surface area contributed by atoms with Gasteiger partial charge in [0.15, 0.2) is 5.13 Å². The number of rotatable bonds is 3. The van der Waals surface area contributed by atoms with Crippen molar-refractivity contribution in [3.8, 4) is 0 Å². The molecule has 6 heteroatoms. The summed E-state index contributed by atoms with van der Waals surface area (Å²) in [5.41, 5.74) is 6.54. The van der Waals surface area contributed by atoms with Gasteiger partial charge in [-0.25, -0.2) is 4.98 Å². The van der Waals surface area contributed by atoms with Crippen LogP contribution in [0.5, 0.6) is 0 Å². The minimum absolute atomic E-state index is 0. The molecule has 0 saturated carbocycles. The molecule has 0 aliphatic heterocycles. The van der Waals surface area contributed by atoms with Crippen molar-refractivity contribution >= 4 is 34.8 Å². The van der Waals surface area contributed by atoms with Crippen LogP contribution in [0.15, 0.2) is 0 Å². The highest BCUT2D eigenvalue weighted by Crippen LogP contribution is 2.28. The summed E-state index contributed by atoms with van der Waals surface area (Å²) in [6.45, 7) is 0.386. The summed E-state index contributed by atoms with van der Waals surface area (Å²) in [5, 5.41) is 3.58. The molecule has 0 saturated heterocycles. The molecule has 3 N–H and O–H groups in total. The third-order valence-electron chi connectivity index (χ3n) is 2.96. The van der Waals surface area contributed by atoms with E-state index in [9.17, 15) is 4.79 Å². The Bertz CT molecular complexity index is 369. The monoisotopic (exact) mass is 289 g/mol. The minimum Gasteiger partial charge on any atom is -0.330 e. The van der Waals surface area contributed by atoms with Gasteiger partial charge >= 0.3 is 0 Å². The second kappa shape index (κ2) is 7.71. The van der Waals surface area contributed by atoms with Crippen LogP contribution in [0, 0.1) is 0 Å². The van der Waals surface area contributed by atoms with Gasteiger partial charge in [0.1, 0.15) is 0 Å². The number of thiazole rings is 1. The fourth-order valence-electron chi connectivity index (χ4n) is 2.07. The molecule has 2 rings (SSSR count). The Hall–Kier alpha value is -0.650. The zero-order valence-corrected chi connectivity index (χ0v) is 12.0. The van der Waals surface area contributed by atoms with Gasteiger partial charge in [-0.3, -0.25) is 4.79 Å². The molecule has 1 aliphatic carbocycles. The Labute approximate surface area is 118 Å². The molecule has 0 bridgehead atoms. The Morgan fingerprint density at radius 3 is 2.72 bits per heavy atom. The highest BCUT2D eigenvalue weighted by molar-refractivity contribution is 7.15. The van der Waals surface area contributed by atoms with Gasteiger partial charge in [-0.05, 0) is 25.7 Å². The van der Waals surface area contributed by atoms with Crippen LogP contribution in [-0.2, 0) is 17.6 Å². The lowest BCUT2D eigenvalue weighted by Crippen LogP contribution is -2.16. The number of aryl methyl sites for hydroxylation is 2. The third-order valence-corrected chi connectivity index (χ3v) is 4.04. The van der Waals surface area contributed by atoms with E-state index in [1.165, 1.54) is 36.3 Å². The van der Waals surface area contributed by atoms with Gasteiger partial charge in [-0.15, -0.1) is 23.7 Å². The van der Waals surface area contributed by atoms with E-state index in [-0.39, 0.29) is 18.3 Å². The van der Waals surface area contributed by atoms with Crippen LogP contribution in [0.2, 0.25) is 0 Å². The van der Waals surface area contributed by atoms with Gasteiger partial charge in [-0.2, -0.15) is 0 Å². The first-order chi connectivity index (χ1) is 8.29. The SMILES string of the molecule is Cl.NCCC(=O)Nc1nc2c(s1)CCCCCC2. The summed E-state index contributed by atoms with van der Waals surface area (Å²) in [6.07, 6.45) is 7.60. The van der Waals surface area contributed by atoms with Crippen molar-refractivity contribution in [1.29, 1.82) is 0 Å². The molecule has 4 nitrogen and oxygen atoms in total. The molecule has 0 unspecified atom stereocenters. The number of carbonyl (C=O) groups is 1. The molecule has 0 spiro atoms. The first-order valence-corrected chi connectivity index (χ1v) is 7.09. The number of aromatic nitrogens is 1. The maximum Gasteiger partial charge on any atom is 0.227 e. The van der Waals surface area contributed by atoms with Crippen LogP contribution in [0.25, 0.3) is 0 Å². The predicted molar refractivity (Wildman–Crippen MR) is 77.5 cm³/mol. The van der Waals surface area contributed by atoms with Crippen molar-refractivity contribution in [2.45, 2.75) is 44.9 Å². The second-order valence-corrected chi connectivity index (χ2v) is 5.47. The van der Waals surface area contributed by atoms with Crippen molar-refractivity contribution in [1.82, 2.24) is 4.98 Å². The summed E-state index contributed by atoms with van der Waals surface area (Å²) in [4.78, 5) is 17.3. The number of carbonyl (C=O) groups excluding carboxylic acids is 1. The lowest BCUT2D eigenvalue weighted by Gasteiger charge is -2.06. The molecular formula is C12H20ClN3OS. The van der Waals surface area contributed by atoms with Gasteiger partial charge < -0.3 is 11.1 Å². The number of fused-ring (bicyclic) bond motifs is 1. The van der Waals surface area contributed by atoms with Crippen LogP contribution in [0.3, 0.4) is 0 Å². The average molecular weight is 290 g/mol. The number of halogens is 1. The molecule has 102 valence electrons. The van der Waals surface area contributed by atoms with E-state index >= 15 is 0 Å². The topological polar surface area (TPSA) is 68.0 Å². The summed E-state index contributed by atoms with van der Waals surface area (Å²) in [6, 6.07) is 0. The van der Waals surface area contributed by atoms with E-state index in [4.69, 9.17) is 5.73 Å². The van der Waals surface area contributed by atoms with Crippen LogP contribution in [-0.4, -0.2) is 17.4 Å². The molecule has 18 heavy (non-hydrogen) atoms. The third kappa shape index (κ3) is 4.23. The molecule has 1 aliphatic rings. The molecule has 0 fully saturated rings. The van der Waals surface area contributed by atoms with Crippen LogP contribution >= 0.6 is 23.7 Å². The molecular weight excluding hydrogens is 270 g/mol. The Morgan fingerprint density at radius 2 is 2.00 bits per heavy atom. The Morgan fingerprint density at radius 1 is 1.28 bits per heavy atom. The molecule has 0 aromatic carbocycles. The zero-order chi connectivity index (χ0) is 12.1. The normalized spacial score (nSPS) is 14.9. The summed E-state index contributed by atoms with van der Waals surface area (Å²) in [7, 11) is 0. The molecule has 0 radical (unpaired) electrons. The highest BCUT2D eigenvalue weighted by Gasteiger charge is 2.14. The summed E-state index contributed by atoms with van der Waals surface area (Å²) >= 11 is 1.63. The van der Waals surface area contributed by atoms with E-state index in [2.05, 4.69) is 10.3 Å². The lowest BCUT2D eigenvalue weighted by atomic mass is 10.0. The molecule has 1 aromatic rings. The summed E-state index contributed by atoms with van der Waals surface area (Å²) in [5.74, 6) is -0.0331. The van der Waals surface area contributed by atoms with Gasteiger partial charge in [-0.1, -0.05) is 12.8 Å². The number of nitrogens with two attached hydrogens (primary N) is 1. The van der Waals surface area contributed by atoms with E-state index in [0.717, 1.165) is 18.0 Å². The van der Waals surface area contributed by atoms with Crippen LogP contribution in [0.4, 0.5) is 5.13 Å². The van der Waals surface area contributed by atoms with Gasteiger partial charge in [0, 0.05) is 17.8 Å². The second-order valence-electron chi connectivity index (χ2n) is 4.39. The van der Waals surface area contributed by atoms with Crippen molar-refractivity contribution in [2.24, 2.45) is 5.73 Å². The van der Waals surface area contributed by atoms with Gasteiger partial charge in [0.25, 0.3) is 0 Å². The summed E-state index contributed by atoms with van der Waals surface area (Å²) < 4.78 is 0. The predicted octanol–water partition coefficient (Wildman–Crippen LogP) is 2.51. The first kappa shape index (κ1) is 15.4. The highest BCUT2D eigenvalue weighted by atomic mass is 35.5. The fraction of sp³-hybridized carbons (Fsp3) is 0.667. The standard InChI is InChI=1S/C12H19N3OS.ClH/c13-8-7-11(16)15-12-14-9-5-3-1-2-4-6-10(9)17-12;/h1-8,13H2,(H,14,15,16);1H. The van der Waals surface area contributed by atoms with E-state index in [1.807, 2.05) is 0 Å². The molecule has 1 heterocycles. The van der Waals surface area contributed by atoms with Gasteiger partial charge in [0.2, 0.25) is 5.91 Å². The largest absolute Gasteiger partial charge is 0.330 e. The zero-order valence-electron chi connectivity index (χ0n) is 10.4. The number of nitrogens with zero attached hydrogens (tertiary/aromatic N) is 1. The van der Waals surface area contributed by atoms with E-state index in [1.54, 1.807) is 11.3 Å². The van der Waals surface area contributed by atoms with E-state index in [0.29, 0.717) is 13.0 Å². The fourth-order valence-corrected chi connectivity index (χ4v) is 3.14. The number of hydrogen-bond acceptors (Lipinski definition) is 4. The molecule has 1 aromatic heterocycles. The number of nitrogens with one attached hydrogen (secondary N) is 1. The Kier molecular flexibility index (Phi) is 6.60. The van der Waals surface area contributed by atoms with E-state index < -0.39 is 0 Å². The average Bonchev–Trinajstić information content (AvgIpc) is 2.60. The number of hydrogen-bond donors (Lipinski definition) is 2. The smallest absolute Gasteiger partial charge is 0.227 e. The molecule has 1 amide bonds. The molecule has 0 atom stereocenters. The van der Waals surface area contributed by atoms with Crippen LogP contribution in [0.1, 0.15) is 42.7 Å². The maximum atomic E-state index is 11.4. The first-order valence-electron chi connectivity index (χ1n) is 6.28. The van der Waals surface area contributed by atoms with Crippen molar-refractivity contribution in [3.05, 3.63) is 10.6 Å². The van der Waals surface area contributed by atoms with Crippen LogP contribution < -0.4 is 11.1 Å². The lowest BCUT2D eigenvalue weighted by molar-refractivity contribution is -0.116. The number of anilines is 1. The van der Waals surface area contributed by atoms with Crippen molar-refractivity contribution in [3.63, 3.8) is 0 Å².